The Morgan fingerprint density at radius 2 is 1.86 bits per heavy atom. The minimum Gasteiger partial charge on any atom is -0.377 e. The second kappa shape index (κ2) is 10.4. The van der Waals surface area contributed by atoms with Gasteiger partial charge in [-0.2, -0.15) is 9.97 Å². The van der Waals surface area contributed by atoms with E-state index in [1.807, 2.05) is 4.90 Å². The molecule has 0 amide bonds. The molecule has 11 heteroatoms. The number of morpholine rings is 1. The van der Waals surface area contributed by atoms with Crippen molar-refractivity contribution in [2.75, 3.05) is 43.2 Å². The van der Waals surface area contributed by atoms with E-state index < -0.39 is 25.0 Å². The van der Waals surface area contributed by atoms with Crippen LogP contribution >= 0.6 is 0 Å². The van der Waals surface area contributed by atoms with Crippen molar-refractivity contribution in [3.63, 3.8) is 0 Å². The third-order valence-electron chi connectivity index (χ3n) is 6.85. The summed E-state index contributed by atoms with van der Waals surface area (Å²) in [6.45, 7) is 1.14. The highest BCUT2D eigenvalue weighted by Gasteiger charge is 2.27. The molecule has 35 heavy (non-hydrogen) atoms. The number of fused-ring (bicyclic) bond motifs is 1. The lowest BCUT2D eigenvalue weighted by Crippen LogP contribution is -2.47. The number of halogens is 3. The summed E-state index contributed by atoms with van der Waals surface area (Å²) in [6, 6.07) is 8.31. The highest BCUT2D eigenvalue weighted by molar-refractivity contribution is 5.78. The predicted molar refractivity (Wildman–Crippen MR) is 128 cm³/mol. The molecule has 8 nitrogen and oxygen atoms in total. The normalized spacial score (nSPS) is 23.2. The fourth-order valence-corrected chi connectivity index (χ4v) is 4.91. The van der Waals surface area contributed by atoms with E-state index in [0.717, 1.165) is 25.7 Å². The molecule has 3 N–H and O–H groups in total. The molecule has 1 atom stereocenters. The summed E-state index contributed by atoms with van der Waals surface area (Å²) in [5.74, 6) is 1.07. The Balaban J connectivity index is 1.55. The summed E-state index contributed by atoms with van der Waals surface area (Å²) in [6.07, 6.45) is 1.17. The van der Waals surface area contributed by atoms with Gasteiger partial charge in [-0.1, -0.05) is 12.1 Å². The van der Waals surface area contributed by atoms with Crippen molar-refractivity contribution in [3.8, 4) is 5.82 Å². The van der Waals surface area contributed by atoms with Gasteiger partial charge in [0.15, 0.2) is 5.82 Å². The summed E-state index contributed by atoms with van der Waals surface area (Å²) >= 11 is 0. The average molecular weight is 490 g/mol. The Labute approximate surface area is 201 Å². The Kier molecular flexibility index (Phi) is 7.05. The van der Waals surface area contributed by atoms with Crippen LogP contribution in [0.25, 0.3) is 16.9 Å². The number of nitrogens with zero attached hydrogens (tertiary/aromatic N) is 5. The molecule has 188 valence electrons. The lowest BCUT2D eigenvalue weighted by atomic mass is 9.86. The number of nitrogens with one attached hydrogen (secondary N) is 1. The second-order valence-corrected chi connectivity index (χ2v) is 9.24. The number of alkyl halides is 3. The van der Waals surface area contributed by atoms with Crippen LogP contribution in [0.5, 0.6) is 0 Å². The van der Waals surface area contributed by atoms with Gasteiger partial charge in [-0.15, -0.1) is 0 Å². The maximum atomic E-state index is 14.0. The Bertz CT molecular complexity index is 1150. The van der Waals surface area contributed by atoms with Crippen molar-refractivity contribution in [2.24, 2.45) is 11.7 Å². The number of aromatic nitrogens is 4. The van der Waals surface area contributed by atoms with Crippen molar-refractivity contribution in [1.82, 2.24) is 19.5 Å². The lowest BCUT2D eigenvalue weighted by Gasteiger charge is -2.35. The number of hydrogen-bond acceptors (Lipinski definition) is 7. The first-order valence-electron chi connectivity index (χ1n) is 12.1. The van der Waals surface area contributed by atoms with E-state index in [4.69, 9.17) is 10.5 Å². The number of anilines is 2. The van der Waals surface area contributed by atoms with Gasteiger partial charge in [0.2, 0.25) is 5.95 Å². The first kappa shape index (κ1) is 23.8. The standard InChI is InChI=1S/C24H30F3N7O/c25-12-17-14-35-10-9-33(17)20-11-21(32-24(31-20)29-13-15-5-7-16(28)8-6-15)34-19-4-2-1-3-18(19)30-23(34)22(26)27/h1-4,11,15-17,22H,5-10,12-14,28H2,(H,29,31,32)/t15?,16?,17-/m1/s1. The van der Waals surface area contributed by atoms with Crippen LogP contribution in [0.3, 0.4) is 0 Å². The van der Waals surface area contributed by atoms with E-state index >= 15 is 0 Å². The maximum Gasteiger partial charge on any atom is 0.296 e. The van der Waals surface area contributed by atoms with Gasteiger partial charge in [0.05, 0.1) is 30.3 Å². The van der Waals surface area contributed by atoms with Gasteiger partial charge >= 0.3 is 0 Å². The van der Waals surface area contributed by atoms with E-state index in [0.29, 0.717) is 48.4 Å². The van der Waals surface area contributed by atoms with Gasteiger partial charge in [0, 0.05) is 25.2 Å². The smallest absolute Gasteiger partial charge is 0.296 e. The number of benzene rings is 1. The van der Waals surface area contributed by atoms with Crippen LogP contribution in [0.2, 0.25) is 0 Å². The van der Waals surface area contributed by atoms with Gasteiger partial charge < -0.3 is 20.7 Å². The average Bonchev–Trinajstić information content (AvgIpc) is 3.28. The minimum absolute atomic E-state index is 0.233. The molecule has 1 aliphatic carbocycles. The summed E-state index contributed by atoms with van der Waals surface area (Å²) in [5.41, 5.74) is 6.99. The molecule has 3 heterocycles. The molecule has 1 saturated heterocycles. The summed E-state index contributed by atoms with van der Waals surface area (Å²) in [4.78, 5) is 15.2. The van der Waals surface area contributed by atoms with Crippen LogP contribution in [0.4, 0.5) is 24.9 Å². The first-order chi connectivity index (χ1) is 17.0. The number of para-hydroxylation sites is 2. The van der Waals surface area contributed by atoms with Gasteiger partial charge in [-0.3, -0.25) is 4.57 Å². The van der Waals surface area contributed by atoms with Crippen LogP contribution < -0.4 is 16.0 Å². The molecule has 5 rings (SSSR count). The topological polar surface area (TPSA) is 94.1 Å². The van der Waals surface area contributed by atoms with E-state index in [9.17, 15) is 13.2 Å². The fraction of sp³-hybridized carbons (Fsp3) is 0.542. The van der Waals surface area contributed by atoms with Crippen LogP contribution in [0, 0.1) is 5.92 Å². The molecular weight excluding hydrogens is 459 g/mol. The molecular formula is C24H30F3N7O. The van der Waals surface area contributed by atoms with E-state index in [1.165, 1.54) is 4.57 Å². The van der Waals surface area contributed by atoms with Crippen molar-refractivity contribution in [1.29, 1.82) is 0 Å². The SMILES string of the molecule is NC1CCC(CNc2nc(N3CCOC[C@H]3CF)cc(-n3c(C(F)F)nc4ccccc43)n2)CC1. The quantitative estimate of drug-likeness (QED) is 0.521. The predicted octanol–water partition coefficient (Wildman–Crippen LogP) is 3.86. The molecule has 0 radical (unpaired) electrons. The van der Waals surface area contributed by atoms with Gasteiger partial charge in [0.1, 0.15) is 18.3 Å². The molecule has 0 spiro atoms. The molecule has 2 aliphatic rings. The number of ether oxygens (including phenoxy) is 1. The Morgan fingerprint density at radius 3 is 2.63 bits per heavy atom. The zero-order chi connectivity index (χ0) is 24.4. The molecule has 2 aromatic heterocycles. The summed E-state index contributed by atoms with van der Waals surface area (Å²) < 4.78 is 48.6. The molecule has 0 bridgehead atoms. The number of hydrogen-bond donors (Lipinski definition) is 2. The summed E-state index contributed by atoms with van der Waals surface area (Å²) in [5, 5.41) is 3.30. The van der Waals surface area contributed by atoms with Gasteiger partial charge in [-0.05, 0) is 43.7 Å². The number of nitrogens with two attached hydrogens (primary N) is 1. The van der Waals surface area contributed by atoms with Crippen LogP contribution in [-0.2, 0) is 4.74 Å². The molecule has 0 unspecified atom stereocenters. The fourth-order valence-electron chi connectivity index (χ4n) is 4.91. The van der Waals surface area contributed by atoms with Crippen molar-refractivity contribution in [3.05, 3.63) is 36.2 Å². The molecule has 1 aromatic carbocycles. The molecule has 3 aromatic rings. The Morgan fingerprint density at radius 1 is 1.09 bits per heavy atom. The zero-order valence-corrected chi connectivity index (χ0v) is 19.4. The highest BCUT2D eigenvalue weighted by Crippen LogP contribution is 2.30. The Hall–Kier alpha value is -2.92. The monoisotopic (exact) mass is 489 g/mol. The number of rotatable bonds is 7. The largest absolute Gasteiger partial charge is 0.377 e. The minimum atomic E-state index is -2.80. The third kappa shape index (κ3) is 5.06. The summed E-state index contributed by atoms with van der Waals surface area (Å²) in [7, 11) is 0. The highest BCUT2D eigenvalue weighted by atomic mass is 19.3. The van der Waals surface area contributed by atoms with Crippen molar-refractivity contribution >= 4 is 22.8 Å². The van der Waals surface area contributed by atoms with E-state index in [-0.39, 0.29) is 18.5 Å². The first-order valence-corrected chi connectivity index (χ1v) is 12.1. The van der Waals surface area contributed by atoms with Gasteiger partial charge in [0.25, 0.3) is 6.43 Å². The lowest BCUT2D eigenvalue weighted by molar-refractivity contribution is 0.0855. The van der Waals surface area contributed by atoms with Crippen LogP contribution in [0.1, 0.15) is 37.9 Å². The zero-order valence-electron chi connectivity index (χ0n) is 19.4. The third-order valence-corrected chi connectivity index (χ3v) is 6.85. The van der Waals surface area contributed by atoms with E-state index in [1.54, 1.807) is 30.3 Å². The molecule has 2 fully saturated rings. The molecule has 1 aliphatic heterocycles. The number of imidazole rings is 1. The van der Waals surface area contributed by atoms with Crippen molar-refractivity contribution in [2.45, 2.75) is 44.2 Å². The molecule has 1 saturated carbocycles. The van der Waals surface area contributed by atoms with Crippen molar-refractivity contribution < 1.29 is 17.9 Å². The van der Waals surface area contributed by atoms with Gasteiger partial charge in [-0.25, -0.2) is 18.2 Å². The maximum absolute atomic E-state index is 14.0. The van der Waals surface area contributed by atoms with Crippen LogP contribution in [-0.4, -0.2) is 64.6 Å². The van der Waals surface area contributed by atoms with Crippen LogP contribution in [0.15, 0.2) is 30.3 Å². The second-order valence-electron chi connectivity index (χ2n) is 9.24. The van der Waals surface area contributed by atoms with E-state index in [2.05, 4.69) is 20.3 Å².